The molecule has 0 radical (unpaired) electrons. The van der Waals surface area contributed by atoms with Gasteiger partial charge in [0.25, 0.3) is 0 Å². The molecule has 1 N–H and O–H groups in total. The number of aromatic nitrogens is 4. The van der Waals surface area contributed by atoms with Crippen LogP contribution in [-0.4, -0.2) is 55.9 Å². The van der Waals surface area contributed by atoms with Gasteiger partial charge >= 0.3 is 0 Å². The lowest BCUT2D eigenvalue weighted by atomic mass is 9.79. The van der Waals surface area contributed by atoms with Crippen molar-refractivity contribution in [2.75, 3.05) is 18.0 Å². The Balaban J connectivity index is 1.28. The van der Waals surface area contributed by atoms with E-state index in [1.807, 2.05) is 30.3 Å². The highest BCUT2D eigenvalue weighted by molar-refractivity contribution is 5.93. The zero-order valence-corrected chi connectivity index (χ0v) is 16.6. The summed E-state index contributed by atoms with van der Waals surface area (Å²) >= 11 is 0. The highest BCUT2D eigenvalue weighted by Gasteiger charge is 2.47. The molecule has 3 aromatic heterocycles. The molecule has 1 aliphatic carbocycles. The molecule has 7 heteroatoms. The second-order valence-corrected chi connectivity index (χ2v) is 8.87. The molecule has 2 atom stereocenters. The van der Waals surface area contributed by atoms with Crippen LogP contribution in [0.1, 0.15) is 25.7 Å². The highest BCUT2D eigenvalue weighted by Crippen LogP contribution is 2.42. The summed E-state index contributed by atoms with van der Waals surface area (Å²) in [5.74, 6) is 0.281. The summed E-state index contributed by atoms with van der Waals surface area (Å²) in [5, 5.41) is 14.6. The SMILES string of the molecule is Cn1cc(-c2cc3c(N4CC5CC[C@H](C4)N5C4CC(C#N)C4)ccnc3[nH]2)cn1. The monoisotopic (exact) mass is 387 g/mol. The summed E-state index contributed by atoms with van der Waals surface area (Å²) in [7, 11) is 1.94. The van der Waals surface area contributed by atoms with Crippen LogP contribution in [0, 0.1) is 17.2 Å². The van der Waals surface area contributed by atoms with Gasteiger partial charge in [0.05, 0.1) is 18.0 Å². The van der Waals surface area contributed by atoms with Gasteiger partial charge in [-0.1, -0.05) is 0 Å². The van der Waals surface area contributed by atoms with Crippen LogP contribution in [0.5, 0.6) is 0 Å². The fraction of sp³-hybridized carbons (Fsp3) is 0.500. The lowest BCUT2D eigenvalue weighted by Crippen LogP contribution is -2.60. The largest absolute Gasteiger partial charge is 0.368 e. The van der Waals surface area contributed by atoms with Crippen LogP contribution in [0.2, 0.25) is 0 Å². The fourth-order valence-electron chi connectivity index (χ4n) is 5.67. The van der Waals surface area contributed by atoms with Gasteiger partial charge in [-0.05, 0) is 37.8 Å². The van der Waals surface area contributed by atoms with E-state index in [4.69, 9.17) is 5.26 Å². The minimum Gasteiger partial charge on any atom is -0.368 e. The van der Waals surface area contributed by atoms with E-state index < -0.39 is 0 Å². The molecule has 1 saturated carbocycles. The van der Waals surface area contributed by atoms with Crippen LogP contribution in [0.15, 0.2) is 30.7 Å². The first kappa shape index (κ1) is 17.0. The average Bonchev–Trinajstić information content (AvgIpc) is 3.37. The quantitative estimate of drug-likeness (QED) is 0.748. The topological polar surface area (TPSA) is 76.8 Å². The Morgan fingerprint density at radius 3 is 2.66 bits per heavy atom. The molecule has 3 fully saturated rings. The van der Waals surface area contributed by atoms with Gasteiger partial charge in [-0.3, -0.25) is 9.58 Å². The Bertz CT molecular complexity index is 1090. The number of nitrogens with one attached hydrogen (secondary N) is 1. The van der Waals surface area contributed by atoms with Crippen LogP contribution in [-0.2, 0) is 7.05 Å². The number of H-pyrrole nitrogens is 1. The summed E-state index contributed by atoms with van der Waals surface area (Å²) in [5.41, 5.74) is 4.36. The Hall–Kier alpha value is -2.85. The van der Waals surface area contributed by atoms with Crippen LogP contribution >= 0.6 is 0 Å². The maximum atomic E-state index is 9.14. The van der Waals surface area contributed by atoms with Crippen molar-refractivity contribution in [1.29, 1.82) is 5.26 Å². The van der Waals surface area contributed by atoms with E-state index in [0.717, 1.165) is 42.8 Å². The predicted molar refractivity (Wildman–Crippen MR) is 111 cm³/mol. The Labute approximate surface area is 169 Å². The first-order valence-electron chi connectivity index (χ1n) is 10.6. The summed E-state index contributed by atoms with van der Waals surface area (Å²) in [4.78, 5) is 13.4. The molecule has 7 nitrogen and oxygen atoms in total. The van der Waals surface area contributed by atoms with Gasteiger partial charge in [0.2, 0.25) is 0 Å². The van der Waals surface area contributed by atoms with Crippen LogP contribution in [0.25, 0.3) is 22.3 Å². The number of pyridine rings is 1. The molecule has 3 aromatic rings. The highest BCUT2D eigenvalue weighted by atomic mass is 15.3. The van der Waals surface area contributed by atoms with Gasteiger partial charge in [-0.25, -0.2) is 4.98 Å². The normalized spacial score (nSPS) is 29.2. The maximum absolute atomic E-state index is 9.14. The van der Waals surface area contributed by atoms with E-state index in [1.165, 1.54) is 23.9 Å². The fourth-order valence-corrected chi connectivity index (χ4v) is 5.67. The minimum absolute atomic E-state index is 0.281. The molecule has 0 spiro atoms. The lowest BCUT2D eigenvalue weighted by Gasteiger charge is -2.49. The average molecular weight is 387 g/mol. The third-order valence-electron chi connectivity index (χ3n) is 7.12. The van der Waals surface area contributed by atoms with Crippen molar-refractivity contribution in [2.24, 2.45) is 13.0 Å². The lowest BCUT2D eigenvalue weighted by molar-refractivity contribution is 0.0439. The zero-order chi connectivity index (χ0) is 19.5. The van der Waals surface area contributed by atoms with Crippen molar-refractivity contribution in [3.63, 3.8) is 0 Å². The third-order valence-corrected chi connectivity index (χ3v) is 7.12. The van der Waals surface area contributed by atoms with Crippen LogP contribution in [0.4, 0.5) is 5.69 Å². The Morgan fingerprint density at radius 2 is 1.97 bits per heavy atom. The van der Waals surface area contributed by atoms with Crippen molar-refractivity contribution in [1.82, 2.24) is 24.6 Å². The number of fused-ring (bicyclic) bond motifs is 3. The maximum Gasteiger partial charge on any atom is 0.139 e. The third kappa shape index (κ3) is 2.66. The van der Waals surface area contributed by atoms with Crippen LogP contribution in [0.3, 0.4) is 0 Å². The van der Waals surface area contributed by atoms with Gasteiger partial charge in [0.1, 0.15) is 5.65 Å². The smallest absolute Gasteiger partial charge is 0.139 e. The first-order chi connectivity index (χ1) is 14.2. The van der Waals surface area contributed by atoms with Crippen molar-refractivity contribution in [3.8, 4) is 17.3 Å². The van der Waals surface area contributed by atoms with Crippen LogP contribution < -0.4 is 4.90 Å². The van der Waals surface area contributed by atoms with Crippen molar-refractivity contribution < 1.29 is 0 Å². The number of nitriles is 1. The first-order valence-corrected chi connectivity index (χ1v) is 10.6. The minimum atomic E-state index is 0.281. The molecule has 2 saturated heterocycles. The van der Waals surface area contributed by atoms with Gasteiger partial charge in [0, 0.05) is 73.2 Å². The summed E-state index contributed by atoms with van der Waals surface area (Å²) in [6.45, 7) is 2.13. The van der Waals surface area contributed by atoms with Crippen molar-refractivity contribution >= 4 is 16.7 Å². The molecule has 29 heavy (non-hydrogen) atoms. The van der Waals surface area contributed by atoms with Gasteiger partial charge in [-0.2, -0.15) is 10.4 Å². The molecule has 2 bridgehead atoms. The summed E-state index contributed by atoms with van der Waals surface area (Å²) in [6.07, 6.45) is 10.5. The number of anilines is 1. The zero-order valence-electron chi connectivity index (χ0n) is 16.6. The molecule has 1 unspecified atom stereocenters. The second kappa shape index (κ2) is 6.33. The molecule has 0 amide bonds. The molecule has 6 rings (SSSR count). The van der Waals surface area contributed by atoms with E-state index >= 15 is 0 Å². The molecule has 5 heterocycles. The second-order valence-electron chi connectivity index (χ2n) is 8.87. The number of rotatable bonds is 3. The van der Waals surface area contributed by atoms with E-state index in [9.17, 15) is 0 Å². The molecule has 3 aliphatic rings. The number of nitrogens with zero attached hydrogens (tertiary/aromatic N) is 6. The molecule has 0 aromatic carbocycles. The van der Waals surface area contributed by atoms with Gasteiger partial charge in [-0.15, -0.1) is 0 Å². The van der Waals surface area contributed by atoms with E-state index in [1.54, 1.807) is 0 Å². The number of aromatic amines is 1. The van der Waals surface area contributed by atoms with Gasteiger partial charge < -0.3 is 9.88 Å². The number of hydrogen-bond donors (Lipinski definition) is 1. The Kier molecular flexibility index (Phi) is 3.72. The predicted octanol–water partition coefficient (Wildman–Crippen LogP) is 2.92. The summed E-state index contributed by atoms with van der Waals surface area (Å²) < 4.78 is 1.82. The molecular formula is C22H25N7. The number of aryl methyl sites for hydroxylation is 1. The van der Waals surface area contributed by atoms with E-state index in [-0.39, 0.29) is 5.92 Å². The summed E-state index contributed by atoms with van der Waals surface area (Å²) in [6, 6.07) is 8.66. The standard InChI is InChI=1S/C22H25N7/c1-27-11-15(10-25-27)20-8-19-21(4-5-24-22(19)26-20)28-12-16-2-3-17(13-28)29(16)18-6-14(7-18)9-23/h4-5,8,10-11,14,16-18H,2-3,6-7,12-13H2,1H3,(H,24,26)/t14?,16-,17?,18?/m1/s1. The Morgan fingerprint density at radius 1 is 1.17 bits per heavy atom. The number of piperazine rings is 1. The van der Waals surface area contributed by atoms with Crippen molar-refractivity contribution in [3.05, 3.63) is 30.7 Å². The van der Waals surface area contributed by atoms with Crippen molar-refractivity contribution in [2.45, 2.75) is 43.8 Å². The number of hydrogen-bond acceptors (Lipinski definition) is 5. The molecule has 2 aliphatic heterocycles. The van der Waals surface area contributed by atoms with E-state index in [2.05, 4.69) is 43.1 Å². The molecular weight excluding hydrogens is 362 g/mol. The van der Waals surface area contributed by atoms with Gasteiger partial charge in [0.15, 0.2) is 0 Å². The molecule has 148 valence electrons. The van der Waals surface area contributed by atoms with E-state index in [0.29, 0.717) is 18.1 Å².